The van der Waals surface area contributed by atoms with E-state index in [9.17, 15) is 39.6 Å². The summed E-state index contributed by atoms with van der Waals surface area (Å²) in [4.78, 5) is 39.0. The fourth-order valence-electron chi connectivity index (χ4n) is 5.48. The summed E-state index contributed by atoms with van der Waals surface area (Å²) in [5, 5.41) is 39.0. The second-order valence-electron chi connectivity index (χ2n) is 14.2. The summed E-state index contributed by atoms with van der Waals surface area (Å²) in [7, 11) is 0. The first-order valence-electron chi connectivity index (χ1n) is 21.8. The van der Waals surface area contributed by atoms with Crippen molar-refractivity contribution in [1.29, 1.82) is 0 Å². The van der Waals surface area contributed by atoms with Crippen LogP contribution in [0.4, 0.5) is 0 Å². The molecule has 0 aromatic heterocycles. The van der Waals surface area contributed by atoms with Crippen LogP contribution in [0, 0.1) is 0 Å². The molecule has 0 unspecified atom stereocenters. The van der Waals surface area contributed by atoms with Crippen molar-refractivity contribution in [2.45, 2.75) is 242 Å². The van der Waals surface area contributed by atoms with E-state index >= 15 is 0 Å². The maximum absolute atomic E-state index is 10.1. The predicted molar refractivity (Wildman–Crippen MR) is 215 cm³/mol. The Kier molecular flexibility index (Phi) is 60.1. The summed E-state index contributed by atoms with van der Waals surface area (Å²) < 4.78 is 3.31. The van der Waals surface area contributed by atoms with E-state index in [2.05, 4.69) is 27.7 Å². The molecule has 0 aliphatic heterocycles. The third-order valence-electron chi connectivity index (χ3n) is 8.74. The van der Waals surface area contributed by atoms with Crippen molar-refractivity contribution in [1.82, 2.24) is 0 Å². The second kappa shape index (κ2) is 54.8. The molecule has 53 heavy (non-hydrogen) atoms. The Hall–Kier alpha value is -1.58. The van der Waals surface area contributed by atoms with Gasteiger partial charge in [0.05, 0.1) is 11.9 Å². The summed E-state index contributed by atoms with van der Waals surface area (Å²) in [6.07, 6.45) is 40.9. The average Bonchev–Trinajstić information content (AvgIpc) is 3.12. The van der Waals surface area contributed by atoms with Crippen LogP contribution in [0.1, 0.15) is 233 Å². The van der Waals surface area contributed by atoms with Gasteiger partial charge in [-0.05, 0) is 37.8 Å². The van der Waals surface area contributed by atoms with Crippen LogP contribution >= 0.6 is 0 Å². The smallest absolute Gasteiger partial charge is 0.0643 e. The van der Waals surface area contributed by atoms with E-state index in [0.29, 0.717) is 12.2 Å². The minimum Gasteiger partial charge on any atom is -0.545 e. The molecule has 0 rings (SSSR count). The maximum Gasteiger partial charge on any atom is 0.0643 e. The standard InChI is InChI=1S/2C12H24O2.2C8H17.C4H4O4.Sn/c2*1-2-3-4-5-6-7-8-9-10-11-12(13)14;2*1-3-5-7-8-6-4-2;5-3(6)1-2-4(7)8;/h2*2-11H2,1H3,(H,13,14);2*1,3-8H2,2H3;1-2H,(H,5,6)(H,7,8);/q;;;;;+4/p-4/b;;;;2-1-;. The van der Waals surface area contributed by atoms with Gasteiger partial charge in [-0.15, -0.1) is 0 Å². The number of aliphatic carboxylic acids is 4. The molecule has 310 valence electrons. The van der Waals surface area contributed by atoms with E-state index in [1.54, 1.807) is 21.7 Å². The van der Waals surface area contributed by atoms with E-state index in [1.165, 1.54) is 154 Å². The first-order valence-corrected chi connectivity index (χ1v) is 25.8. The van der Waals surface area contributed by atoms with Crippen LogP contribution in [-0.2, 0) is 19.2 Å². The Morgan fingerprint density at radius 1 is 0.340 bits per heavy atom. The molecule has 0 aromatic rings. The van der Waals surface area contributed by atoms with Crippen LogP contribution in [0.2, 0.25) is 8.87 Å². The van der Waals surface area contributed by atoms with Crippen molar-refractivity contribution in [3.05, 3.63) is 12.2 Å². The van der Waals surface area contributed by atoms with Gasteiger partial charge in [-0.2, -0.15) is 0 Å². The maximum atomic E-state index is 10.1. The summed E-state index contributed by atoms with van der Waals surface area (Å²) in [6, 6.07) is 0. The van der Waals surface area contributed by atoms with E-state index in [1.807, 2.05) is 0 Å². The zero-order valence-electron chi connectivity index (χ0n) is 35.0. The largest absolute Gasteiger partial charge is 0.545 e. The zero-order valence-corrected chi connectivity index (χ0v) is 37.8. The molecule has 0 spiro atoms. The molecular formula is C44H82O8Sn. The van der Waals surface area contributed by atoms with Crippen LogP contribution in [0.15, 0.2) is 12.2 Å². The first kappa shape index (κ1) is 58.1. The molecule has 0 aliphatic carbocycles. The Labute approximate surface area is 337 Å². The van der Waals surface area contributed by atoms with Crippen LogP contribution in [0.5, 0.6) is 0 Å². The van der Waals surface area contributed by atoms with Crippen LogP contribution < -0.4 is 20.4 Å². The normalized spacial score (nSPS) is 10.4. The van der Waals surface area contributed by atoms with Crippen molar-refractivity contribution in [3.8, 4) is 0 Å². The van der Waals surface area contributed by atoms with Crippen molar-refractivity contribution in [3.63, 3.8) is 0 Å². The molecular weight excluding hydrogens is 775 g/mol. The van der Waals surface area contributed by atoms with Crippen LogP contribution in [0.25, 0.3) is 0 Å². The molecule has 0 aliphatic rings. The van der Waals surface area contributed by atoms with E-state index in [0.717, 1.165) is 25.7 Å². The first-order chi connectivity index (χ1) is 25.6. The zero-order chi connectivity index (χ0) is 40.5. The fraction of sp³-hybridized carbons (Fsp3) is 0.864. The second-order valence-corrected chi connectivity index (χ2v) is 18.4. The number of carboxylic acid groups (broad SMARTS) is 4. The number of carboxylic acids is 4. The minimum atomic E-state index is -1.55. The summed E-state index contributed by atoms with van der Waals surface area (Å²) in [6.45, 7) is 9.05. The average molecular weight is 858 g/mol. The number of carbonyl (C=O) groups is 4. The SMILES string of the molecule is CCCCCCCCCCCC(=O)[O-].CCCCCCCCCCCC(=O)[O-].CCCCCCC[CH2][Sn+4][CH2]CCCCCCC.O=C([O-])/C=C\C(=O)[O-]. The quantitative estimate of drug-likeness (QED) is 0.0344. The Balaban J connectivity index is -0.000000310. The van der Waals surface area contributed by atoms with Crippen molar-refractivity contribution in [2.24, 2.45) is 0 Å². The van der Waals surface area contributed by atoms with Gasteiger partial charge in [0, 0.05) is 11.9 Å². The molecule has 0 amide bonds. The Morgan fingerprint density at radius 2 is 0.547 bits per heavy atom. The summed E-state index contributed by atoms with van der Waals surface area (Å²) in [5.41, 5.74) is 0. The van der Waals surface area contributed by atoms with Gasteiger partial charge in [0.15, 0.2) is 0 Å². The number of hydrogen-bond donors (Lipinski definition) is 0. The third-order valence-corrected chi connectivity index (χ3v) is 12.8. The summed E-state index contributed by atoms with van der Waals surface area (Å²) >= 11 is 0.0736. The minimum absolute atomic E-state index is 0.0736. The Morgan fingerprint density at radius 3 is 0.755 bits per heavy atom. The van der Waals surface area contributed by atoms with Crippen molar-refractivity contribution in [2.75, 3.05) is 0 Å². The number of hydrogen-bond acceptors (Lipinski definition) is 8. The van der Waals surface area contributed by atoms with E-state index in [4.69, 9.17) is 0 Å². The van der Waals surface area contributed by atoms with E-state index in [-0.39, 0.29) is 34.0 Å². The van der Waals surface area contributed by atoms with Gasteiger partial charge < -0.3 is 39.6 Å². The molecule has 6 radical (unpaired) electrons. The molecule has 0 heterocycles. The molecule has 0 aromatic carbocycles. The molecule has 0 saturated heterocycles. The van der Waals surface area contributed by atoms with Gasteiger partial charge in [0.25, 0.3) is 0 Å². The van der Waals surface area contributed by atoms with Gasteiger partial charge >= 0.3 is 121 Å². The van der Waals surface area contributed by atoms with Crippen LogP contribution in [0.3, 0.4) is 0 Å². The predicted octanol–water partition coefficient (Wildman–Crippen LogP) is 8.61. The molecule has 0 N–H and O–H groups in total. The summed E-state index contributed by atoms with van der Waals surface area (Å²) in [5.74, 6) is -4.91. The molecule has 0 atom stereocenters. The van der Waals surface area contributed by atoms with Gasteiger partial charge in [-0.1, -0.05) is 117 Å². The van der Waals surface area contributed by atoms with Gasteiger partial charge in [0.2, 0.25) is 0 Å². The van der Waals surface area contributed by atoms with Gasteiger partial charge in [0.1, 0.15) is 0 Å². The Bertz CT molecular complexity index is 725. The number of rotatable bonds is 36. The van der Waals surface area contributed by atoms with Crippen molar-refractivity contribution >= 4 is 45.0 Å². The molecule has 0 bridgehead atoms. The fourth-order valence-corrected chi connectivity index (χ4v) is 9.05. The molecule has 0 fully saturated rings. The van der Waals surface area contributed by atoms with Crippen molar-refractivity contribution < 1.29 is 39.6 Å². The van der Waals surface area contributed by atoms with Gasteiger partial charge in [-0.3, -0.25) is 0 Å². The number of carbonyl (C=O) groups excluding carboxylic acids is 4. The molecule has 9 heteroatoms. The number of unbranched alkanes of at least 4 members (excludes halogenated alkanes) is 26. The van der Waals surface area contributed by atoms with E-state index < -0.39 is 23.9 Å². The molecule has 0 saturated carbocycles. The third kappa shape index (κ3) is 76.1. The monoisotopic (exact) mass is 859 g/mol. The van der Waals surface area contributed by atoms with Gasteiger partial charge in [-0.25, -0.2) is 0 Å². The van der Waals surface area contributed by atoms with Crippen LogP contribution in [-0.4, -0.2) is 45.0 Å². The molecule has 8 nitrogen and oxygen atoms in total. The topological polar surface area (TPSA) is 161 Å².